The van der Waals surface area contributed by atoms with E-state index in [4.69, 9.17) is 9.47 Å². The van der Waals surface area contributed by atoms with Gasteiger partial charge in [-0.1, -0.05) is 61.2 Å². The van der Waals surface area contributed by atoms with Gasteiger partial charge in [-0.3, -0.25) is 4.90 Å². The molecule has 0 aromatic heterocycles. The summed E-state index contributed by atoms with van der Waals surface area (Å²) in [6, 6.07) is 14.7. The molecule has 0 bridgehead atoms. The van der Waals surface area contributed by atoms with Crippen LogP contribution in [0.25, 0.3) is 11.1 Å². The van der Waals surface area contributed by atoms with E-state index in [1.165, 1.54) is 11.0 Å². The molecule has 2 amide bonds. The van der Waals surface area contributed by atoms with Crippen molar-refractivity contribution in [2.45, 2.75) is 12.0 Å². The molecule has 32 heavy (non-hydrogen) atoms. The summed E-state index contributed by atoms with van der Waals surface area (Å²) in [5.41, 5.74) is 4.37. The third kappa shape index (κ3) is 4.03. The number of benzene rings is 2. The largest absolute Gasteiger partial charge is 0.480 e. The lowest BCUT2D eigenvalue weighted by Crippen LogP contribution is -2.59. The number of fused-ring (bicyclic) bond motifs is 3. The van der Waals surface area contributed by atoms with Gasteiger partial charge in [0.1, 0.15) is 13.2 Å². The van der Waals surface area contributed by atoms with Crippen molar-refractivity contribution in [3.05, 3.63) is 72.3 Å². The highest BCUT2D eigenvalue weighted by Crippen LogP contribution is 2.44. The Morgan fingerprint density at radius 2 is 1.59 bits per heavy atom. The molecule has 8 nitrogen and oxygen atoms in total. The minimum absolute atomic E-state index is 0.0309. The van der Waals surface area contributed by atoms with Gasteiger partial charge >= 0.3 is 18.2 Å². The second-order valence-electron chi connectivity index (χ2n) is 7.66. The Hall–Kier alpha value is -3.81. The summed E-state index contributed by atoms with van der Waals surface area (Å²) < 4.78 is 10.6. The zero-order valence-corrected chi connectivity index (χ0v) is 17.5. The first-order valence-electron chi connectivity index (χ1n) is 10.4. The van der Waals surface area contributed by atoms with Crippen LogP contribution in [0.1, 0.15) is 17.0 Å². The Balaban J connectivity index is 1.44. The van der Waals surface area contributed by atoms with E-state index in [-0.39, 0.29) is 38.8 Å². The number of aliphatic carboxylic acids is 1. The van der Waals surface area contributed by atoms with Crippen molar-refractivity contribution in [3.8, 4) is 11.1 Å². The number of hydrogen-bond donors (Lipinski definition) is 1. The molecule has 2 aliphatic rings. The number of ether oxygens (including phenoxy) is 2. The summed E-state index contributed by atoms with van der Waals surface area (Å²) >= 11 is 0. The Morgan fingerprint density at radius 1 is 0.969 bits per heavy atom. The Morgan fingerprint density at radius 3 is 2.19 bits per heavy atom. The van der Waals surface area contributed by atoms with Crippen LogP contribution in [0.15, 0.2) is 61.2 Å². The molecule has 1 saturated heterocycles. The monoisotopic (exact) mass is 436 g/mol. The van der Waals surface area contributed by atoms with Gasteiger partial charge < -0.3 is 19.5 Å². The average molecular weight is 436 g/mol. The normalized spacial score (nSPS) is 17.3. The summed E-state index contributed by atoms with van der Waals surface area (Å²) in [7, 11) is 0. The Bertz CT molecular complexity index is 1010. The van der Waals surface area contributed by atoms with Crippen LogP contribution in [0.5, 0.6) is 0 Å². The second kappa shape index (κ2) is 9.13. The number of nitrogens with zero attached hydrogens (tertiary/aromatic N) is 2. The molecule has 0 saturated carbocycles. The topological polar surface area (TPSA) is 96.4 Å². The predicted octanol–water partition coefficient (Wildman–Crippen LogP) is 3.33. The molecule has 1 atom stereocenters. The van der Waals surface area contributed by atoms with Crippen molar-refractivity contribution >= 4 is 18.2 Å². The fourth-order valence-corrected chi connectivity index (χ4v) is 4.28. The number of amides is 2. The number of piperazine rings is 1. The van der Waals surface area contributed by atoms with Gasteiger partial charge in [0.15, 0.2) is 6.04 Å². The third-order valence-corrected chi connectivity index (χ3v) is 5.82. The fraction of sp³-hybridized carbons (Fsp3) is 0.292. The quantitative estimate of drug-likeness (QED) is 0.723. The lowest BCUT2D eigenvalue weighted by atomic mass is 9.98. The molecule has 0 unspecified atom stereocenters. The number of rotatable bonds is 5. The van der Waals surface area contributed by atoms with Gasteiger partial charge in [-0.15, -0.1) is 0 Å². The standard InChI is InChI=1S/C24H24N2O6/c1-2-13-31-23(29)25-11-12-26(21(14-25)22(27)28)24(30)32-15-20-18-9-5-3-7-16(18)17-8-4-6-10-19(17)20/h2-10,20-21H,1,11-15H2,(H,27,28)/t21-/m1/s1. The number of carboxylic acid groups (broad SMARTS) is 1. The van der Waals surface area contributed by atoms with Crippen LogP contribution in [-0.2, 0) is 14.3 Å². The Labute approximate surface area is 185 Å². The van der Waals surface area contributed by atoms with Gasteiger partial charge in [0, 0.05) is 19.0 Å². The van der Waals surface area contributed by atoms with Crippen LogP contribution in [0.3, 0.4) is 0 Å². The highest BCUT2D eigenvalue weighted by Gasteiger charge is 2.39. The van der Waals surface area contributed by atoms with Gasteiger partial charge in [-0.2, -0.15) is 0 Å². The smallest absolute Gasteiger partial charge is 0.410 e. The summed E-state index contributed by atoms with van der Waals surface area (Å²) in [6.45, 7) is 3.63. The molecule has 4 rings (SSSR count). The number of carbonyl (C=O) groups is 3. The maximum Gasteiger partial charge on any atom is 0.410 e. The van der Waals surface area contributed by atoms with Gasteiger partial charge in [-0.05, 0) is 22.3 Å². The molecule has 1 N–H and O–H groups in total. The highest BCUT2D eigenvalue weighted by molar-refractivity contribution is 5.82. The minimum Gasteiger partial charge on any atom is -0.480 e. The van der Waals surface area contributed by atoms with Gasteiger partial charge in [0.25, 0.3) is 0 Å². The first-order chi connectivity index (χ1) is 15.5. The molecular formula is C24H24N2O6. The molecule has 2 aromatic rings. The van der Waals surface area contributed by atoms with Crippen molar-refractivity contribution in [1.29, 1.82) is 0 Å². The van der Waals surface area contributed by atoms with E-state index in [2.05, 4.69) is 6.58 Å². The van der Waals surface area contributed by atoms with Crippen molar-refractivity contribution in [1.82, 2.24) is 9.80 Å². The van der Waals surface area contributed by atoms with E-state index in [1.54, 1.807) is 0 Å². The number of carbonyl (C=O) groups excluding carboxylic acids is 2. The van der Waals surface area contributed by atoms with E-state index in [0.29, 0.717) is 0 Å². The number of carboxylic acids is 1. The van der Waals surface area contributed by atoms with Gasteiger partial charge in [-0.25, -0.2) is 14.4 Å². The first kappa shape index (κ1) is 21.4. The molecule has 0 spiro atoms. The van der Waals surface area contributed by atoms with Crippen LogP contribution in [-0.4, -0.2) is 72.0 Å². The van der Waals surface area contributed by atoms with Crippen LogP contribution in [0.2, 0.25) is 0 Å². The first-order valence-corrected chi connectivity index (χ1v) is 10.4. The SMILES string of the molecule is C=CCOC(=O)N1CCN(C(=O)OCC2c3ccccc3-c3ccccc32)[C@@H](C(=O)O)C1. The molecule has 166 valence electrons. The molecule has 8 heteroatoms. The van der Waals surface area contributed by atoms with Crippen molar-refractivity contribution < 1.29 is 29.0 Å². The van der Waals surface area contributed by atoms with Crippen molar-refractivity contribution in [2.75, 3.05) is 32.8 Å². The molecule has 1 aliphatic heterocycles. The van der Waals surface area contributed by atoms with Crippen LogP contribution in [0, 0.1) is 0 Å². The molecule has 1 fully saturated rings. The van der Waals surface area contributed by atoms with Crippen molar-refractivity contribution in [3.63, 3.8) is 0 Å². The summed E-state index contributed by atoms with van der Waals surface area (Å²) in [4.78, 5) is 39.1. The van der Waals surface area contributed by atoms with E-state index in [9.17, 15) is 19.5 Å². The average Bonchev–Trinajstić information content (AvgIpc) is 3.14. The predicted molar refractivity (Wildman–Crippen MR) is 116 cm³/mol. The Kier molecular flexibility index (Phi) is 6.11. The summed E-state index contributed by atoms with van der Waals surface area (Å²) in [5.74, 6) is -1.33. The maximum absolute atomic E-state index is 12.8. The maximum atomic E-state index is 12.8. The lowest BCUT2D eigenvalue weighted by molar-refractivity contribution is -0.144. The van der Waals surface area contributed by atoms with Gasteiger partial charge in [0.2, 0.25) is 0 Å². The summed E-state index contributed by atoms with van der Waals surface area (Å²) in [6.07, 6.45) is 0.0844. The van der Waals surface area contributed by atoms with E-state index in [1.807, 2.05) is 48.5 Å². The van der Waals surface area contributed by atoms with Crippen LogP contribution in [0.4, 0.5) is 9.59 Å². The van der Waals surface area contributed by atoms with Crippen LogP contribution >= 0.6 is 0 Å². The fourth-order valence-electron chi connectivity index (χ4n) is 4.28. The van der Waals surface area contributed by atoms with E-state index in [0.717, 1.165) is 27.2 Å². The molecule has 0 radical (unpaired) electrons. The molecular weight excluding hydrogens is 412 g/mol. The highest BCUT2D eigenvalue weighted by atomic mass is 16.6. The van der Waals surface area contributed by atoms with E-state index >= 15 is 0 Å². The van der Waals surface area contributed by atoms with Gasteiger partial charge in [0.05, 0.1) is 6.54 Å². The lowest BCUT2D eigenvalue weighted by Gasteiger charge is -2.38. The second-order valence-corrected chi connectivity index (χ2v) is 7.66. The molecule has 1 aliphatic carbocycles. The number of hydrogen-bond acceptors (Lipinski definition) is 5. The zero-order valence-electron chi connectivity index (χ0n) is 17.5. The third-order valence-electron chi connectivity index (χ3n) is 5.82. The zero-order chi connectivity index (χ0) is 22.7. The summed E-state index contributed by atoms with van der Waals surface area (Å²) in [5, 5.41) is 9.63. The van der Waals surface area contributed by atoms with Crippen molar-refractivity contribution in [2.24, 2.45) is 0 Å². The van der Waals surface area contributed by atoms with E-state index < -0.39 is 24.2 Å². The molecule has 1 heterocycles. The molecule has 2 aromatic carbocycles. The van der Waals surface area contributed by atoms with Crippen LogP contribution < -0.4 is 0 Å². The minimum atomic E-state index is -1.21.